The number of anilines is 1. The Balaban J connectivity index is 1.70. The van der Waals surface area contributed by atoms with E-state index in [1.54, 1.807) is 23.7 Å². The molecule has 5 heteroatoms. The first kappa shape index (κ1) is 16.0. The minimum atomic E-state index is -0.0434. The lowest BCUT2D eigenvalue weighted by Crippen LogP contribution is -2.20. The molecular formula is C20H19N3OS. The number of carbonyl (C=O) groups is 1. The number of rotatable bonds is 2. The van der Waals surface area contributed by atoms with Gasteiger partial charge < -0.3 is 5.32 Å². The van der Waals surface area contributed by atoms with Gasteiger partial charge in [0.15, 0.2) is 0 Å². The predicted octanol–water partition coefficient (Wildman–Crippen LogP) is 4.78. The number of carbonyl (C=O) groups excluding carboxylic acids is 1. The monoisotopic (exact) mass is 349 g/mol. The second-order valence-electron chi connectivity index (χ2n) is 7.21. The van der Waals surface area contributed by atoms with Gasteiger partial charge in [-0.05, 0) is 41.7 Å². The standard InChI is InChI=1S/C20H19N3OS/c1-20(2)10-15-9-14(3-4-16(15)22-18(24)11-20)17-12-25-19(23-17)13-5-7-21-8-6-13/h3-9,12H,10-11H2,1-2H3,(H,22,24). The number of aromatic nitrogens is 2. The van der Waals surface area contributed by atoms with E-state index >= 15 is 0 Å². The van der Waals surface area contributed by atoms with Crippen LogP contribution in [0.1, 0.15) is 25.8 Å². The van der Waals surface area contributed by atoms with Gasteiger partial charge in [-0.15, -0.1) is 11.3 Å². The average Bonchev–Trinajstić information content (AvgIpc) is 3.02. The summed E-state index contributed by atoms with van der Waals surface area (Å²) in [5.41, 5.74) is 5.18. The van der Waals surface area contributed by atoms with Crippen LogP contribution in [0.4, 0.5) is 5.69 Å². The number of hydrogen-bond donors (Lipinski definition) is 1. The molecule has 0 radical (unpaired) electrons. The van der Waals surface area contributed by atoms with Crippen molar-refractivity contribution in [3.63, 3.8) is 0 Å². The summed E-state index contributed by atoms with van der Waals surface area (Å²) in [5.74, 6) is 0.0881. The average molecular weight is 349 g/mol. The molecule has 4 nitrogen and oxygen atoms in total. The van der Waals surface area contributed by atoms with Crippen LogP contribution in [0.3, 0.4) is 0 Å². The van der Waals surface area contributed by atoms with Crippen LogP contribution in [0.2, 0.25) is 0 Å². The van der Waals surface area contributed by atoms with E-state index in [2.05, 4.69) is 35.6 Å². The molecule has 25 heavy (non-hydrogen) atoms. The third kappa shape index (κ3) is 3.33. The molecule has 0 spiro atoms. The Kier molecular flexibility index (Phi) is 3.88. The maximum Gasteiger partial charge on any atom is 0.224 e. The Morgan fingerprint density at radius 2 is 1.88 bits per heavy atom. The van der Waals surface area contributed by atoms with Crippen LogP contribution in [-0.4, -0.2) is 15.9 Å². The van der Waals surface area contributed by atoms with Gasteiger partial charge in [0.05, 0.1) is 5.69 Å². The normalized spacial score (nSPS) is 16.0. The summed E-state index contributed by atoms with van der Waals surface area (Å²) in [7, 11) is 0. The molecule has 1 N–H and O–H groups in total. The van der Waals surface area contributed by atoms with Gasteiger partial charge in [-0.1, -0.05) is 19.9 Å². The van der Waals surface area contributed by atoms with Gasteiger partial charge in [-0.3, -0.25) is 9.78 Å². The van der Waals surface area contributed by atoms with Crippen LogP contribution in [0.25, 0.3) is 21.8 Å². The van der Waals surface area contributed by atoms with Crippen molar-refractivity contribution >= 4 is 22.9 Å². The molecule has 0 saturated heterocycles. The SMILES string of the molecule is CC1(C)CC(=O)Nc2ccc(-c3csc(-c4ccncc4)n3)cc2C1. The summed E-state index contributed by atoms with van der Waals surface area (Å²) in [6.45, 7) is 4.28. The molecule has 1 amide bonds. The van der Waals surface area contributed by atoms with Crippen molar-refractivity contribution in [1.82, 2.24) is 9.97 Å². The van der Waals surface area contributed by atoms with Crippen LogP contribution < -0.4 is 5.32 Å². The van der Waals surface area contributed by atoms with Gasteiger partial charge in [0.25, 0.3) is 0 Å². The number of amides is 1. The topological polar surface area (TPSA) is 54.9 Å². The molecule has 4 rings (SSSR count). The predicted molar refractivity (Wildman–Crippen MR) is 102 cm³/mol. The van der Waals surface area contributed by atoms with E-state index in [1.807, 2.05) is 24.3 Å². The van der Waals surface area contributed by atoms with E-state index in [4.69, 9.17) is 4.98 Å². The molecule has 1 aromatic carbocycles. The van der Waals surface area contributed by atoms with Gasteiger partial charge in [0.2, 0.25) is 5.91 Å². The summed E-state index contributed by atoms with van der Waals surface area (Å²) in [4.78, 5) is 20.9. The summed E-state index contributed by atoms with van der Waals surface area (Å²) < 4.78 is 0. The van der Waals surface area contributed by atoms with Crippen LogP contribution in [0, 0.1) is 5.41 Å². The first-order chi connectivity index (χ1) is 12.0. The van der Waals surface area contributed by atoms with E-state index in [0.717, 1.165) is 33.9 Å². The van der Waals surface area contributed by atoms with Crippen molar-refractivity contribution in [3.05, 3.63) is 53.7 Å². The summed E-state index contributed by atoms with van der Waals surface area (Å²) in [6, 6.07) is 10.1. The molecule has 0 bridgehead atoms. The van der Waals surface area contributed by atoms with E-state index < -0.39 is 0 Å². The van der Waals surface area contributed by atoms with E-state index in [0.29, 0.717) is 6.42 Å². The van der Waals surface area contributed by atoms with Crippen LogP contribution in [-0.2, 0) is 11.2 Å². The molecule has 0 fully saturated rings. The summed E-state index contributed by atoms with van der Waals surface area (Å²) in [6.07, 6.45) is 4.98. The van der Waals surface area contributed by atoms with E-state index in [9.17, 15) is 4.79 Å². The highest BCUT2D eigenvalue weighted by Crippen LogP contribution is 2.36. The lowest BCUT2D eigenvalue weighted by atomic mass is 9.83. The molecule has 1 aliphatic rings. The molecule has 0 aliphatic carbocycles. The number of nitrogens with one attached hydrogen (secondary N) is 1. The fraction of sp³-hybridized carbons (Fsp3) is 0.250. The van der Waals surface area contributed by atoms with Gasteiger partial charge in [-0.2, -0.15) is 0 Å². The maximum atomic E-state index is 12.0. The van der Waals surface area contributed by atoms with E-state index in [-0.39, 0.29) is 11.3 Å². The zero-order valence-electron chi connectivity index (χ0n) is 14.2. The van der Waals surface area contributed by atoms with Crippen molar-refractivity contribution in [2.75, 3.05) is 5.32 Å². The van der Waals surface area contributed by atoms with Crippen LogP contribution in [0.15, 0.2) is 48.1 Å². The number of benzene rings is 1. The Labute approximate surface area is 151 Å². The number of hydrogen-bond acceptors (Lipinski definition) is 4. The minimum absolute atomic E-state index is 0.0434. The van der Waals surface area contributed by atoms with Gasteiger partial charge in [-0.25, -0.2) is 4.98 Å². The Hall–Kier alpha value is -2.53. The van der Waals surface area contributed by atoms with Crippen molar-refractivity contribution in [2.24, 2.45) is 5.41 Å². The molecule has 3 aromatic rings. The number of nitrogens with zero attached hydrogens (tertiary/aromatic N) is 2. The molecule has 3 heterocycles. The molecule has 2 aromatic heterocycles. The molecule has 126 valence electrons. The number of pyridine rings is 1. The summed E-state index contributed by atoms with van der Waals surface area (Å²) in [5, 5.41) is 6.09. The van der Waals surface area contributed by atoms with Gasteiger partial charge in [0.1, 0.15) is 5.01 Å². The van der Waals surface area contributed by atoms with Gasteiger partial charge in [0, 0.05) is 41.0 Å². The molecular weight excluding hydrogens is 330 g/mol. The Morgan fingerprint density at radius 3 is 2.68 bits per heavy atom. The highest BCUT2D eigenvalue weighted by atomic mass is 32.1. The fourth-order valence-electron chi connectivity index (χ4n) is 3.26. The summed E-state index contributed by atoms with van der Waals surface area (Å²) >= 11 is 1.63. The second-order valence-corrected chi connectivity index (χ2v) is 8.07. The van der Waals surface area contributed by atoms with Crippen LogP contribution >= 0.6 is 11.3 Å². The quantitative estimate of drug-likeness (QED) is 0.724. The Bertz CT molecular complexity index is 931. The largest absolute Gasteiger partial charge is 0.326 e. The minimum Gasteiger partial charge on any atom is -0.326 e. The zero-order valence-corrected chi connectivity index (χ0v) is 15.1. The third-order valence-corrected chi connectivity index (χ3v) is 5.31. The van der Waals surface area contributed by atoms with Crippen LogP contribution in [0.5, 0.6) is 0 Å². The lowest BCUT2D eigenvalue weighted by Gasteiger charge is -2.20. The second kappa shape index (κ2) is 6.08. The fourth-order valence-corrected chi connectivity index (χ4v) is 4.10. The maximum absolute atomic E-state index is 12.0. The van der Waals surface area contributed by atoms with E-state index in [1.165, 1.54) is 5.56 Å². The molecule has 1 aliphatic heterocycles. The van der Waals surface area contributed by atoms with Crippen molar-refractivity contribution in [3.8, 4) is 21.8 Å². The third-order valence-electron chi connectivity index (χ3n) is 4.41. The molecule has 0 saturated carbocycles. The molecule has 0 unspecified atom stereocenters. The number of thiazole rings is 1. The highest BCUT2D eigenvalue weighted by molar-refractivity contribution is 7.13. The Morgan fingerprint density at radius 1 is 1.08 bits per heavy atom. The first-order valence-corrected chi connectivity index (χ1v) is 9.17. The van der Waals surface area contributed by atoms with Crippen molar-refractivity contribution in [2.45, 2.75) is 26.7 Å². The van der Waals surface area contributed by atoms with Gasteiger partial charge >= 0.3 is 0 Å². The highest BCUT2D eigenvalue weighted by Gasteiger charge is 2.27. The molecule has 0 atom stereocenters. The number of fused-ring (bicyclic) bond motifs is 1. The lowest BCUT2D eigenvalue weighted by molar-refractivity contribution is -0.117. The van der Waals surface area contributed by atoms with Crippen molar-refractivity contribution in [1.29, 1.82) is 0 Å². The zero-order chi connectivity index (χ0) is 17.4. The van der Waals surface area contributed by atoms with Crippen molar-refractivity contribution < 1.29 is 4.79 Å². The smallest absolute Gasteiger partial charge is 0.224 e. The first-order valence-electron chi connectivity index (χ1n) is 8.29.